The minimum Gasteiger partial charge on any atom is -0.748 e. The Kier molecular flexibility index (Phi) is 6.48. The Morgan fingerprint density at radius 3 is 2.50 bits per heavy atom. The molecule has 1 amide bonds. The highest BCUT2D eigenvalue weighted by Gasteiger charge is 2.01. The lowest BCUT2D eigenvalue weighted by Crippen LogP contribution is -2.28. The Bertz CT molecular complexity index is 261. The van der Waals surface area contributed by atoms with Crippen LogP contribution in [0, 0.1) is 0 Å². The second-order valence-corrected chi connectivity index (χ2v) is 4.59. The lowest BCUT2D eigenvalue weighted by molar-refractivity contribution is -0.121. The topological polar surface area (TPSA) is 86.3 Å². The van der Waals surface area contributed by atoms with Gasteiger partial charge in [0.1, 0.15) is 0 Å². The van der Waals surface area contributed by atoms with Crippen LogP contribution >= 0.6 is 0 Å². The summed E-state index contributed by atoms with van der Waals surface area (Å²) in [5, 5.41) is 2.38. The summed E-state index contributed by atoms with van der Waals surface area (Å²) >= 11 is 0. The molecule has 0 aromatic carbocycles. The summed E-state index contributed by atoms with van der Waals surface area (Å²) in [6.45, 7) is 1.94. The number of unbranched alkanes of at least 4 members (excludes halogenated alkanes) is 2. The maximum Gasteiger partial charge on any atom is 0.220 e. The first-order valence-electron chi connectivity index (χ1n) is 4.66. The Morgan fingerprint density at radius 2 is 2.00 bits per heavy atom. The molecule has 0 aromatic heterocycles. The Balaban J connectivity index is 3.45. The maximum atomic E-state index is 11.0. The predicted octanol–water partition coefficient (Wildman–Crippen LogP) is 0.228. The third-order valence-electron chi connectivity index (χ3n) is 1.68. The van der Waals surface area contributed by atoms with Crippen molar-refractivity contribution in [3.63, 3.8) is 0 Å². The molecule has 0 aromatic rings. The van der Waals surface area contributed by atoms with Gasteiger partial charge in [-0.2, -0.15) is 0 Å². The van der Waals surface area contributed by atoms with E-state index in [4.69, 9.17) is 0 Å². The summed E-state index contributed by atoms with van der Waals surface area (Å²) in [6.07, 6.45) is 3.20. The fourth-order valence-electron chi connectivity index (χ4n) is 0.939. The molecule has 0 bridgehead atoms. The van der Waals surface area contributed by atoms with E-state index in [1.807, 2.05) is 6.92 Å². The number of hydrogen-bond acceptors (Lipinski definition) is 4. The zero-order chi connectivity index (χ0) is 11.0. The highest BCUT2D eigenvalue weighted by atomic mass is 32.2. The highest BCUT2D eigenvalue weighted by Crippen LogP contribution is 1.97. The first kappa shape index (κ1) is 13.4. The smallest absolute Gasteiger partial charge is 0.220 e. The minimum atomic E-state index is -4.21. The van der Waals surface area contributed by atoms with E-state index in [1.54, 1.807) is 0 Å². The van der Waals surface area contributed by atoms with E-state index in [9.17, 15) is 17.8 Å². The van der Waals surface area contributed by atoms with Crippen LogP contribution in [-0.2, 0) is 14.9 Å². The molecule has 0 aliphatic carbocycles. The van der Waals surface area contributed by atoms with Crippen molar-refractivity contribution in [2.45, 2.75) is 32.6 Å². The van der Waals surface area contributed by atoms with Crippen molar-refractivity contribution in [3.8, 4) is 0 Å². The minimum absolute atomic E-state index is 0.0865. The first-order chi connectivity index (χ1) is 6.45. The molecular formula is C8H16NO4S-. The lowest BCUT2D eigenvalue weighted by atomic mass is 10.2. The van der Waals surface area contributed by atoms with Crippen molar-refractivity contribution in [1.82, 2.24) is 5.32 Å². The van der Waals surface area contributed by atoms with Gasteiger partial charge in [0.2, 0.25) is 5.91 Å². The molecule has 84 valence electrons. The standard InChI is InChI=1S/C8H17NO4S/c1-2-3-4-5-8(10)9-6-7-14(11,12)13/h2-7H2,1H3,(H,9,10)(H,11,12,13)/p-1. The summed E-state index contributed by atoms with van der Waals surface area (Å²) in [6, 6.07) is 0. The van der Waals surface area contributed by atoms with Crippen LogP contribution in [0.25, 0.3) is 0 Å². The van der Waals surface area contributed by atoms with Gasteiger partial charge in [0.05, 0.1) is 15.9 Å². The van der Waals surface area contributed by atoms with Gasteiger partial charge in [-0.25, -0.2) is 8.42 Å². The van der Waals surface area contributed by atoms with E-state index in [2.05, 4.69) is 5.32 Å². The van der Waals surface area contributed by atoms with Crippen LogP contribution in [0.2, 0.25) is 0 Å². The van der Waals surface area contributed by atoms with Crippen LogP contribution in [0.1, 0.15) is 32.6 Å². The molecule has 0 saturated carbocycles. The highest BCUT2D eigenvalue weighted by molar-refractivity contribution is 7.85. The molecule has 0 fully saturated rings. The monoisotopic (exact) mass is 222 g/mol. The van der Waals surface area contributed by atoms with Gasteiger partial charge in [-0.15, -0.1) is 0 Å². The molecule has 0 heterocycles. The van der Waals surface area contributed by atoms with Gasteiger partial charge in [0, 0.05) is 13.0 Å². The molecule has 0 atom stereocenters. The van der Waals surface area contributed by atoms with Crippen molar-refractivity contribution >= 4 is 16.0 Å². The van der Waals surface area contributed by atoms with Gasteiger partial charge in [0.25, 0.3) is 0 Å². The van der Waals surface area contributed by atoms with Crippen LogP contribution in [0.5, 0.6) is 0 Å². The van der Waals surface area contributed by atoms with E-state index >= 15 is 0 Å². The first-order valence-corrected chi connectivity index (χ1v) is 6.23. The Morgan fingerprint density at radius 1 is 1.36 bits per heavy atom. The molecule has 0 rings (SSSR count). The third kappa shape index (κ3) is 9.47. The zero-order valence-corrected chi connectivity index (χ0v) is 9.10. The average molecular weight is 222 g/mol. The summed E-state index contributed by atoms with van der Waals surface area (Å²) in [7, 11) is -4.21. The van der Waals surface area contributed by atoms with Crippen LogP contribution in [0.3, 0.4) is 0 Å². The van der Waals surface area contributed by atoms with Gasteiger partial charge in [-0.3, -0.25) is 4.79 Å². The van der Waals surface area contributed by atoms with Crippen molar-refractivity contribution in [2.24, 2.45) is 0 Å². The van der Waals surface area contributed by atoms with Crippen LogP contribution in [0.4, 0.5) is 0 Å². The van der Waals surface area contributed by atoms with Crippen LogP contribution in [0.15, 0.2) is 0 Å². The van der Waals surface area contributed by atoms with E-state index in [0.717, 1.165) is 19.3 Å². The lowest BCUT2D eigenvalue weighted by Gasteiger charge is -2.07. The number of hydrogen-bond donors (Lipinski definition) is 1. The molecule has 5 nitrogen and oxygen atoms in total. The van der Waals surface area contributed by atoms with Crippen molar-refractivity contribution in [3.05, 3.63) is 0 Å². The number of rotatable bonds is 7. The summed E-state index contributed by atoms with van der Waals surface area (Å²) in [5.41, 5.74) is 0. The molecule has 0 unspecified atom stereocenters. The van der Waals surface area contributed by atoms with E-state index in [0.29, 0.717) is 6.42 Å². The van der Waals surface area contributed by atoms with Gasteiger partial charge in [-0.05, 0) is 6.42 Å². The summed E-state index contributed by atoms with van der Waals surface area (Å²) in [4.78, 5) is 11.0. The molecule has 1 N–H and O–H groups in total. The van der Waals surface area contributed by atoms with Crippen molar-refractivity contribution in [2.75, 3.05) is 12.3 Å². The normalized spacial score (nSPS) is 11.3. The molecular weight excluding hydrogens is 206 g/mol. The SMILES string of the molecule is CCCCCC(=O)NCCS(=O)(=O)[O-]. The molecule has 0 aliphatic rings. The van der Waals surface area contributed by atoms with E-state index in [-0.39, 0.29) is 12.5 Å². The molecule has 0 saturated heterocycles. The molecule has 0 spiro atoms. The second kappa shape index (κ2) is 6.78. The molecule has 6 heteroatoms. The Hall–Kier alpha value is -0.620. The largest absolute Gasteiger partial charge is 0.748 e. The number of nitrogens with one attached hydrogen (secondary N) is 1. The molecule has 0 radical (unpaired) electrons. The Labute approximate surface area is 84.6 Å². The van der Waals surface area contributed by atoms with Crippen LogP contribution < -0.4 is 5.32 Å². The fraction of sp³-hybridized carbons (Fsp3) is 0.875. The zero-order valence-electron chi connectivity index (χ0n) is 8.28. The van der Waals surface area contributed by atoms with Gasteiger partial charge in [0.15, 0.2) is 0 Å². The van der Waals surface area contributed by atoms with E-state index in [1.165, 1.54) is 0 Å². The van der Waals surface area contributed by atoms with Gasteiger partial charge < -0.3 is 9.87 Å². The number of carbonyl (C=O) groups excluding carboxylic acids is 1. The molecule has 14 heavy (non-hydrogen) atoms. The summed E-state index contributed by atoms with van der Waals surface area (Å²) in [5.74, 6) is -0.728. The summed E-state index contributed by atoms with van der Waals surface area (Å²) < 4.78 is 30.5. The van der Waals surface area contributed by atoms with Gasteiger partial charge >= 0.3 is 0 Å². The predicted molar refractivity (Wildman–Crippen MR) is 51.7 cm³/mol. The van der Waals surface area contributed by atoms with Crippen molar-refractivity contribution < 1.29 is 17.8 Å². The van der Waals surface area contributed by atoms with E-state index < -0.39 is 15.9 Å². The second-order valence-electron chi connectivity index (χ2n) is 3.07. The third-order valence-corrected chi connectivity index (χ3v) is 2.39. The number of amides is 1. The van der Waals surface area contributed by atoms with Crippen molar-refractivity contribution in [1.29, 1.82) is 0 Å². The maximum absolute atomic E-state index is 11.0. The fourth-order valence-corrected chi connectivity index (χ4v) is 1.29. The van der Waals surface area contributed by atoms with Crippen LogP contribution in [-0.4, -0.2) is 31.2 Å². The molecule has 0 aliphatic heterocycles. The van der Waals surface area contributed by atoms with Gasteiger partial charge in [-0.1, -0.05) is 19.8 Å². The number of carbonyl (C=O) groups is 1. The quantitative estimate of drug-likeness (QED) is 0.493. The average Bonchev–Trinajstić information content (AvgIpc) is 2.02.